The fourth-order valence-electron chi connectivity index (χ4n) is 8.76. The summed E-state index contributed by atoms with van der Waals surface area (Å²) in [5.41, 5.74) is 5.94. The Balaban J connectivity index is 1.56. The predicted octanol–water partition coefficient (Wildman–Crippen LogP) is 8.21. The van der Waals surface area contributed by atoms with Crippen LogP contribution in [0.3, 0.4) is 0 Å². The highest BCUT2D eigenvalue weighted by atomic mass is 31.1. The van der Waals surface area contributed by atoms with Gasteiger partial charge in [0.15, 0.2) is 0 Å². The van der Waals surface area contributed by atoms with Gasteiger partial charge >= 0.3 is 0 Å². The second-order valence-electron chi connectivity index (χ2n) is 14.7. The average Bonchev–Trinajstić information content (AvgIpc) is 3.56. The largest absolute Gasteiger partial charge is 0.496 e. The highest BCUT2D eigenvalue weighted by Crippen LogP contribution is 2.57. The van der Waals surface area contributed by atoms with Crippen molar-refractivity contribution >= 4 is 42.4 Å². The summed E-state index contributed by atoms with van der Waals surface area (Å²) < 4.78 is 11.7. The third-order valence-electron chi connectivity index (χ3n) is 11.2. The molecular weight excluding hydrogens is 676 g/mol. The van der Waals surface area contributed by atoms with Crippen molar-refractivity contribution in [2.24, 2.45) is 11.8 Å². The summed E-state index contributed by atoms with van der Waals surface area (Å²) in [5.74, 6) is 2.26. The van der Waals surface area contributed by atoms with Crippen molar-refractivity contribution in [1.82, 2.24) is 4.90 Å². The van der Waals surface area contributed by atoms with Crippen LogP contribution >= 0.6 is 15.8 Å². The SMILES string of the molecule is COc1c(C)cc(P(c2cc(C)c(OC)c(C)c2)C2CCC([C@@H](C)N(C)C)C2[C@@H](O)c2ccccc2P(c2ccccc2)c2ccccc2)cc1C. The maximum Gasteiger partial charge on any atom is 0.124 e. The van der Waals surface area contributed by atoms with Gasteiger partial charge < -0.3 is 19.5 Å². The minimum Gasteiger partial charge on any atom is -0.496 e. The van der Waals surface area contributed by atoms with E-state index in [1.54, 1.807) is 14.2 Å². The second kappa shape index (κ2) is 16.7. The first-order valence-electron chi connectivity index (χ1n) is 18.5. The van der Waals surface area contributed by atoms with E-state index in [4.69, 9.17) is 9.47 Å². The van der Waals surface area contributed by atoms with Gasteiger partial charge in [0.2, 0.25) is 0 Å². The number of hydrogen-bond donors (Lipinski definition) is 1. The van der Waals surface area contributed by atoms with Crippen LogP contribution in [0.25, 0.3) is 0 Å². The van der Waals surface area contributed by atoms with E-state index in [-0.39, 0.29) is 11.6 Å². The molecule has 52 heavy (non-hydrogen) atoms. The van der Waals surface area contributed by atoms with Crippen LogP contribution in [-0.4, -0.2) is 50.0 Å². The van der Waals surface area contributed by atoms with Crippen molar-refractivity contribution in [2.45, 2.75) is 65.3 Å². The zero-order chi connectivity index (χ0) is 37.1. The molecule has 0 aliphatic heterocycles. The minimum absolute atomic E-state index is 0.0403. The average molecular weight is 732 g/mol. The van der Waals surface area contributed by atoms with Gasteiger partial charge in [0.25, 0.3) is 0 Å². The number of ether oxygens (including phenoxy) is 2. The third-order valence-corrected chi connectivity index (χ3v) is 16.7. The summed E-state index contributed by atoms with van der Waals surface area (Å²) >= 11 is 0. The molecule has 0 spiro atoms. The lowest BCUT2D eigenvalue weighted by Gasteiger charge is -2.40. The molecule has 6 rings (SSSR count). The molecule has 0 bridgehead atoms. The smallest absolute Gasteiger partial charge is 0.124 e. The van der Waals surface area contributed by atoms with Crippen LogP contribution in [-0.2, 0) is 0 Å². The number of rotatable bonds is 12. The molecule has 0 saturated heterocycles. The Morgan fingerprint density at radius 2 is 1.08 bits per heavy atom. The molecule has 1 aliphatic rings. The van der Waals surface area contributed by atoms with Gasteiger partial charge in [-0.25, -0.2) is 0 Å². The highest BCUT2D eigenvalue weighted by Gasteiger charge is 2.48. The molecule has 3 unspecified atom stereocenters. The van der Waals surface area contributed by atoms with Crippen molar-refractivity contribution in [3.05, 3.63) is 137 Å². The fraction of sp³-hybridized carbons (Fsp3) is 0.348. The first-order valence-corrected chi connectivity index (χ1v) is 21.2. The molecule has 5 atom stereocenters. The van der Waals surface area contributed by atoms with Crippen LogP contribution in [0, 0.1) is 39.5 Å². The summed E-state index contributed by atoms with van der Waals surface area (Å²) in [6, 6.07) is 40.2. The molecule has 1 fully saturated rings. The van der Waals surface area contributed by atoms with Gasteiger partial charge in [0.05, 0.1) is 20.3 Å². The summed E-state index contributed by atoms with van der Waals surface area (Å²) in [6.45, 7) is 11.0. The van der Waals surface area contributed by atoms with Gasteiger partial charge in [0.1, 0.15) is 11.5 Å². The molecule has 5 aromatic rings. The van der Waals surface area contributed by atoms with Crippen molar-refractivity contribution in [3.8, 4) is 11.5 Å². The number of hydrogen-bond acceptors (Lipinski definition) is 4. The van der Waals surface area contributed by atoms with E-state index < -0.39 is 21.9 Å². The lowest BCUT2D eigenvalue weighted by molar-refractivity contribution is 0.0616. The van der Waals surface area contributed by atoms with Crippen LogP contribution in [0.2, 0.25) is 0 Å². The highest BCUT2D eigenvalue weighted by molar-refractivity contribution is 7.80. The van der Waals surface area contributed by atoms with Gasteiger partial charge in [-0.15, -0.1) is 0 Å². The normalized spacial score (nSPS) is 18.6. The topological polar surface area (TPSA) is 41.9 Å². The van der Waals surface area contributed by atoms with E-state index >= 15 is 0 Å². The molecule has 0 heterocycles. The lowest BCUT2D eigenvalue weighted by atomic mass is 9.82. The molecule has 6 heteroatoms. The third kappa shape index (κ3) is 7.60. The quantitative estimate of drug-likeness (QED) is 0.132. The van der Waals surface area contributed by atoms with Crippen molar-refractivity contribution in [2.75, 3.05) is 28.3 Å². The molecule has 0 amide bonds. The number of methoxy groups -OCH3 is 2. The van der Waals surface area contributed by atoms with Crippen LogP contribution in [0.4, 0.5) is 0 Å². The number of aliphatic hydroxyl groups is 1. The monoisotopic (exact) mass is 731 g/mol. The second-order valence-corrected chi connectivity index (χ2v) is 19.3. The summed E-state index contributed by atoms with van der Waals surface area (Å²) in [6.07, 6.45) is 1.49. The molecule has 4 nitrogen and oxygen atoms in total. The molecule has 0 aromatic heterocycles. The van der Waals surface area contributed by atoms with Crippen molar-refractivity contribution < 1.29 is 14.6 Å². The first kappa shape index (κ1) is 38.2. The van der Waals surface area contributed by atoms with Crippen LogP contribution < -0.4 is 36.0 Å². The molecule has 5 aromatic carbocycles. The molecule has 1 saturated carbocycles. The van der Waals surface area contributed by atoms with E-state index in [9.17, 15) is 5.11 Å². The first-order chi connectivity index (χ1) is 25.0. The fourth-order valence-corrected chi connectivity index (χ4v) is 14.8. The Hall–Kier alpha value is -3.52. The molecule has 1 aliphatic carbocycles. The van der Waals surface area contributed by atoms with E-state index in [0.717, 1.165) is 52.2 Å². The predicted molar refractivity (Wildman–Crippen MR) is 224 cm³/mol. The molecular formula is C46H55NO3P2. The van der Waals surface area contributed by atoms with Crippen LogP contribution in [0.5, 0.6) is 11.5 Å². The van der Waals surface area contributed by atoms with E-state index in [0.29, 0.717) is 12.0 Å². The van der Waals surface area contributed by atoms with Crippen molar-refractivity contribution in [3.63, 3.8) is 0 Å². The van der Waals surface area contributed by atoms with E-state index in [1.165, 1.54) is 26.5 Å². The minimum atomic E-state index is -0.894. The van der Waals surface area contributed by atoms with Gasteiger partial charge in [-0.1, -0.05) is 84.9 Å². The Kier molecular flexibility index (Phi) is 12.2. The number of aryl methyl sites for hydroxylation is 4. The zero-order valence-electron chi connectivity index (χ0n) is 32.3. The molecule has 272 valence electrons. The standard InChI is InChI=1S/C46H55NO3P2/c1-30-26-37(27-31(2)45(30)49-8)52(38-28-32(3)46(50-9)33(4)29-38)42-25-24-39(34(5)47(6)7)43(42)44(48)40-22-16-17-23-41(40)51(35-18-12-10-13-19-35)36-20-14-11-15-21-36/h10-23,26-29,34,39,42-44,48H,24-25H2,1-9H3/t34-,39?,42?,43?,44+/m1/s1. The van der Waals surface area contributed by atoms with Crippen molar-refractivity contribution in [1.29, 1.82) is 0 Å². The Morgan fingerprint density at radius 3 is 1.52 bits per heavy atom. The Bertz CT molecular complexity index is 1820. The Labute approximate surface area is 314 Å². The lowest BCUT2D eigenvalue weighted by Crippen LogP contribution is -2.40. The number of nitrogens with zero attached hydrogens (tertiary/aromatic N) is 1. The van der Waals surface area contributed by atoms with Crippen LogP contribution in [0.15, 0.2) is 109 Å². The maximum absolute atomic E-state index is 13.2. The summed E-state index contributed by atoms with van der Waals surface area (Å²) in [4.78, 5) is 2.35. The van der Waals surface area contributed by atoms with E-state index in [2.05, 4.69) is 163 Å². The zero-order valence-corrected chi connectivity index (χ0v) is 34.1. The number of aliphatic hydroxyl groups excluding tert-OH is 1. The Morgan fingerprint density at radius 1 is 0.635 bits per heavy atom. The molecule has 0 radical (unpaired) electrons. The number of benzene rings is 5. The maximum atomic E-state index is 13.2. The van der Waals surface area contributed by atoms with Crippen LogP contribution in [0.1, 0.15) is 53.7 Å². The van der Waals surface area contributed by atoms with Gasteiger partial charge in [0, 0.05) is 12.0 Å². The van der Waals surface area contributed by atoms with Gasteiger partial charge in [-0.2, -0.15) is 0 Å². The van der Waals surface area contributed by atoms with Gasteiger partial charge in [-0.3, -0.25) is 0 Å². The summed E-state index contributed by atoms with van der Waals surface area (Å²) in [7, 11) is 6.13. The van der Waals surface area contributed by atoms with E-state index in [1.807, 2.05) is 0 Å². The molecule has 1 N–H and O–H groups in total. The summed E-state index contributed by atoms with van der Waals surface area (Å²) in [5, 5.41) is 19.7. The van der Waals surface area contributed by atoms with Gasteiger partial charge in [-0.05, 0) is 168 Å².